The molecule has 3 amide bonds. The van der Waals surface area contributed by atoms with Gasteiger partial charge in [-0.15, -0.1) is 23.1 Å². The molecule has 1 unspecified atom stereocenters. The number of hydrogen-bond acceptors (Lipinski definition) is 9. The second-order valence-electron chi connectivity index (χ2n) is 11.6. The highest BCUT2D eigenvalue weighted by Gasteiger charge is 2.24. The maximum atomic E-state index is 13.8. The summed E-state index contributed by atoms with van der Waals surface area (Å²) in [6.07, 6.45) is 1.44. The lowest BCUT2D eigenvalue weighted by molar-refractivity contribution is -0.384. The average molecular weight is 756 g/mol. The smallest absolute Gasteiger partial charge is 0.272 e. The van der Waals surface area contributed by atoms with Crippen molar-refractivity contribution < 1.29 is 24.0 Å². The summed E-state index contributed by atoms with van der Waals surface area (Å²) in [4.78, 5) is 56.6. The Morgan fingerprint density at radius 2 is 1.57 bits per heavy atom. The van der Waals surface area contributed by atoms with Gasteiger partial charge in [0.15, 0.2) is 5.13 Å². The van der Waals surface area contributed by atoms with Crippen molar-refractivity contribution in [1.29, 1.82) is 0 Å². The molecular weight excluding hydrogens is 723 g/mol. The van der Waals surface area contributed by atoms with Gasteiger partial charge in [-0.2, -0.15) is 0 Å². The van der Waals surface area contributed by atoms with Gasteiger partial charge in [-0.05, 0) is 90.9 Å². The summed E-state index contributed by atoms with van der Waals surface area (Å²) in [6, 6.07) is 38.0. The fourth-order valence-electron chi connectivity index (χ4n) is 5.21. The Hall–Kier alpha value is -6.57. The molecule has 270 valence electrons. The number of amides is 3. The van der Waals surface area contributed by atoms with E-state index < -0.39 is 22.0 Å². The van der Waals surface area contributed by atoms with E-state index in [2.05, 4.69) is 20.9 Å². The SMILES string of the molecule is CCOc1ccc(-c2csc(NC(=O)C(Sc3cccc(NC(=O)/C(=C\c4ccc([N+](=O)[O-])cc4)NC(=O)c4ccccc4)c3)c3ccccc3)n2)cc1. The standard InChI is InChI=1S/C41H33N5O6S2/c1-2-52-33-22-18-28(19-23-33)36-26-53-41(44-36)45-40(49)37(29-10-5-3-6-11-29)54-34-15-9-14-31(25-34)42-39(48)35(43-38(47)30-12-7-4-8-13-30)24-27-16-20-32(21-17-27)46(50)51/h3-26,37H,2H2,1H3,(H,42,48)(H,43,47)(H,44,45,49)/b35-24+. The number of thiazole rings is 1. The highest BCUT2D eigenvalue weighted by molar-refractivity contribution is 8.00. The second-order valence-corrected chi connectivity index (χ2v) is 13.6. The molecule has 0 fully saturated rings. The molecule has 54 heavy (non-hydrogen) atoms. The van der Waals surface area contributed by atoms with Crippen LogP contribution in [-0.2, 0) is 9.59 Å². The maximum absolute atomic E-state index is 13.8. The minimum absolute atomic E-state index is 0.0784. The van der Waals surface area contributed by atoms with Crippen LogP contribution in [0.5, 0.6) is 5.75 Å². The third kappa shape index (κ3) is 9.85. The van der Waals surface area contributed by atoms with Crippen LogP contribution in [0.25, 0.3) is 17.3 Å². The van der Waals surface area contributed by atoms with Crippen LogP contribution >= 0.6 is 23.1 Å². The molecule has 0 aliphatic rings. The predicted octanol–water partition coefficient (Wildman–Crippen LogP) is 9.00. The third-order valence-corrected chi connectivity index (χ3v) is 9.83. The number of carbonyl (C=O) groups is 3. The van der Waals surface area contributed by atoms with E-state index in [1.54, 1.807) is 48.5 Å². The lowest BCUT2D eigenvalue weighted by atomic mass is 10.1. The zero-order valence-corrected chi connectivity index (χ0v) is 30.4. The van der Waals surface area contributed by atoms with Gasteiger partial charge in [0.25, 0.3) is 17.5 Å². The molecule has 0 spiro atoms. The van der Waals surface area contributed by atoms with Crippen LogP contribution in [0.3, 0.4) is 0 Å². The molecule has 5 aromatic carbocycles. The van der Waals surface area contributed by atoms with E-state index >= 15 is 0 Å². The van der Waals surface area contributed by atoms with E-state index in [0.29, 0.717) is 33.4 Å². The Morgan fingerprint density at radius 3 is 2.26 bits per heavy atom. The zero-order valence-electron chi connectivity index (χ0n) is 28.8. The minimum atomic E-state index is -0.669. The fraction of sp³-hybridized carbons (Fsp3) is 0.0732. The van der Waals surface area contributed by atoms with Crippen LogP contribution in [0.15, 0.2) is 149 Å². The van der Waals surface area contributed by atoms with Gasteiger partial charge in [-0.3, -0.25) is 24.5 Å². The monoisotopic (exact) mass is 755 g/mol. The molecule has 13 heteroatoms. The molecule has 0 bridgehead atoms. The van der Waals surface area contributed by atoms with Gasteiger partial charge in [0.2, 0.25) is 5.91 Å². The Morgan fingerprint density at radius 1 is 0.870 bits per heavy atom. The Bertz CT molecular complexity index is 2280. The molecule has 0 saturated heterocycles. The normalized spacial score (nSPS) is 11.6. The largest absolute Gasteiger partial charge is 0.494 e. The van der Waals surface area contributed by atoms with E-state index in [9.17, 15) is 24.5 Å². The molecule has 6 aromatic rings. The van der Waals surface area contributed by atoms with Crippen molar-refractivity contribution in [2.75, 3.05) is 17.2 Å². The number of nitrogens with zero attached hydrogens (tertiary/aromatic N) is 2. The number of nitro benzene ring substituents is 1. The van der Waals surface area contributed by atoms with E-state index in [-0.39, 0.29) is 17.3 Å². The summed E-state index contributed by atoms with van der Waals surface area (Å²) >= 11 is 2.63. The fourth-order valence-corrected chi connectivity index (χ4v) is 7.01. The highest BCUT2D eigenvalue weighted by atomic mass is 32.2. The first-order chi connectivity index (χ1) is 26.2. The van der Waals surface area contributed by atoms with Gasteiger partial charge < -0.3 is 20.7 Å². The number of nitrogens with one attached hydrogen (secondary N) is 3. The second kappa shape index (κ2) is 17.8. The molecule has 1 aromatic heterocycles. The summed E-state index contributed by atoms with van der Waals surface area (Å²) < 4.78 is 5.54. The molecule has 0 aliphatic heterocycles. The van der Waals surface area contributed by atoms with Crippen molar-refractivity contribution in [2.24, 2.45) is 0 Å². The Balaban J connectivity index is 1.20. The first kappa shape index (κ1) is 37.2. The molecule has 0 saturated carbocycles. The van der Waals surface area contributed by atoms with Gasteiger partial charge >= 0.3 is 0 Å². The number of thioether (sulfide) groups is 1. The van der Waals surface area contributed by atoms with E-state index in [1.807, 2.05) is 73.0 Å². The van der Waals surface area contributed by atoms with Crippen molar-refractivity contribution in [3.05, 3.63) is 171 Å². The Kier molecular flexibility index (Phi) is 12.2. The van der Waals surface area contributed by atoms with Crippen LogP contribution in [-0.4, -0.2) is 34.2 Å². The number of benzene rings is 5. The molecule has 0 aliphatic carbocycles. The maximum Gasteiger partial charge on any atom is 0.272 e. The highest BCUT2D eigenvalue weighted by Crippen LogP contribution is 2.38. The van der Waals surface area contributed by atoms with Gasteiger partial charge in [-0.25, -0.2) is 4.98 Å². The van der Waals surface area contributed by atoms with Crippen LogP contribution in [0.2, 0.25) is 0 Å². The molecule has 1 heterocycles. The van der Waals surface area contributed by atoms with Gasteiger partial charge in [0.05, 0.1) is 17.2 Å². The molecule has 1 atom stereocenters. The van der Waals surface area contributed by atoms with Crippen molar-refractivity contribution in [2.45, 2.75) is 17.1 Å². The predicted molar refractivity (Wildman–Crippen MR) is 212 cm³/mol. The first-order valence-electron chi connectivity index (χ1n) is 16.7. The number of hydrogen-bond donors (Lipinski definition) is 3. The van der Waals surface area contributed by atoms with Gasteiger partial charge in [-0.1, -0.05) is 54.6 Å². The number of nitro groups is 1. The number of aromatic nitrogens is 1. The summed E-state index contributed by atoms with van der Waals surface area (Å²) in [5.74, 6) is -0.633. The van der Waals surface area contributed by atoms with Crippen molar-refractivity contribution in [1.82, 2.24) is 10.3 Å². The van der Waals surface area contributed by atoms with E-state index in [0.717, 1.165) is 22.6 Å². The first-order valence-corrected chi connectivity index (χ1v) is 18.5. The number of ether oxygens (including phenoxy) is 1. The van der Waals surface area contributed by atoms with Crippen LogP contribution in [0.1, 0.15) is 33.7 Å². The summed E-state index contributed by atoms with van der Waals surface area (Å²) in [7, 11) is 0. The average Bonchev–Trinajstić information content (AvgIpc) is 3.66. The van der Waals surface area contributed by atoms with Crippen molar-refractivity contribution in [3.8, 4) is 17.0 Å². The lowest BCUT2D eigenvalue weighted by Gasteiger charge is -2.17. The minimum Gasteiger partial charge on any atom is -0.494 e. The molecule has 3 N–H and O–H groups in total. The molecule has 0 radical (unpaired) electrons. The van der Waals surface area contributed by atoms with E-state index in [1.165, 1.54) is 53.4 Å². The Labute approximate surface area is 319 Å². The lowest BCUT2D eigenvalue weighted by Crippen LogP contribution is -2.30. The summed E-state index contributed by atoms with van der Waals surface area (Å²) in [5, 5.41) is 21.3. The van der Waals surface area contributed by atoms with Crippen LogP contribution in [0.4, 0.5) is 16.5 Å². The topological polar surface area (TPSA) is 153 Å². The van der Waals surface area contributed by atoms with Gasteiger partial charge in [0.1, 0.15) is 16.7 Å². The number of non-ortho nitro benzene ring substituents is 1. The van der Waals surface area contributed by atoms with E-state index in [4.69, 9.17) is 4.74 Å². The molecule has 6 rings (SSSR count). The number of anilines is 2. The van der Waals surface area contributed by atoms with Crippen LogP contribution in [0, 0.1) is 10.1 Å². The molecular formula is C41H33N5O6S2. The summed E-state index contributed by atoms with van der Waals surface area (Å²) in [6.45, 7) is 2.50. The third-order valence-electron chi connectivity index (χ3n) is 7.83. The number of rotatable bonds is 14. The van der Waals surface area contributed by atoms with Crippen LogP contribution < -0.4 is 20.7 Å². The van der Waals surface area contributed by atoms with Crippen molar-refractivity contribution >= 4 is 63.4 Å². The van der Waals surface area contributed by atoms with Gasteiger partial charge in [0, 0.05) is 39.2 Å². The van der Waals surface area contributed by atoms with Crippen molar-refractivity contribution in [3.63, 3.8) is 0 Å². The molecule has 11 nitrogen and oxygen atoms in total. The number of carbonyl (C=O) groups excluding carboxylic acids is 3. The quantitative estimate of drug-likeness (QED) is 0.0431. The summed E-state index contributed by atoms with van der Waals surface area (Å²) in [5.41, 5.74) is 3.44. The zero-order chi connectivity index (χ0) is 37.9.